The molecule has 0 aromatic carbocycles. The Bertz CT molecular complexity index is 379. The molecule has 0 N–H and O–H groups in total. The van der Waals surface area contributed by atoms with Crippen molar-refractivity contribution in [2.75, 3.05) is 13.1 Å². The molecule has 0 aliphatic carbocycles. The molecule has 16 heavy (non-hydrogen) atoms. The maximum absolute atomic E-state index is 11.3. The molecule has 1 aliphatic heterocycles. The smallest absolute Gasteiger partial charge is 0.219 e. The minimum atomic E-state index is 0.148. The molecule has 1 saturated heterocycles. The monoisotopic (exact) mass is 283 g/mol. The van der Waals surface area contributed by atoms with Crippen molar-refractivity contribution in [2.45, 2.75) is 25.7 Å². The van der Waals surface area contributed by atoms with Gasteiger partial charge in [-0.25, -0.2) is 4.98 Å². The number of likely N-dealkylation sites (tertiary alicyclic amines) is 1. The molecule has 0 unspecified atom stereocenters. The molecule has 0 spiro atoms. The quantitative estimate of drug-likeness (QED) is 0.792. The number of rotatable bonds is 1. The van der Waals surface area contributed by atoms with Crippen molar-refractivity contribution < 1.29 is 4.79 Å². The van der Waals surface area contributed by atoms with Crippen molar-refractivity contribution in [3.8, 4) is 0 Å². The minimum Gasteiger partial charge on any atom is -0.342 e. The molecule has 4 nitrogen and oxygen atoms in total. The number of carbonyl (C=O) groups excluding carboxylic acids is 1. The van der Waals surface area contributed by atoms with Gasteiger partial charge in [0.2, 0.25) is 5.91 Å². The number of hydrogen-bond donors (Lipinski definition) is 0. The Hall–Kier alpha value is -0.970. The zero-order chi connectivity index (χ0) is 11.5. The lowest BCUT2D eigenvalue weighted by Crippen LogP contribution is -2.37. The highest BCUT2D eigenvalue weighted by molar-refractivity contribution is 9.10. The fourth-order valence-corrected chi connectivity index (χ4v) is 2.24. The summed E-state index contributed by atoms with van der Waals surface area (Å²) in [5.74, 6) is 0.480. The van der Waals surface area contributed by atoms with Crippen LogP contribution in [0.5, 0.6) is 0 Å². The lowest BCUT2D eigenvalue weighted by molar-refractivity contribution is -0.130. The van der Waals surface area contributed by atoms with E-state index in [1.165, 1.54) is 0 Å². The third-order valence-corrected chi connectivity index (χ3v) is 3.33. The van der Waals surface area contributed by atoms with Crippen LogP contribution in [0, 0.1) is 0 Å². The third-order valence-electron chi connectivity index (χ3n) is 2.93. The number of carbonyl (C=O) groups is 1. The predicted molar refractivity (Wildman–Crippen MR) is 64.0 cm³/mol. The summed E-state index contributed by atoms with van der Waals surface area (Å²) in [7, 11) is 0. The van der Waals surface area contributed by atoms with Crippen molar-refractivity contribution in [3.05, 3.63) is 22.7 Å². The maximum Gasteiger partial charge on any atom is 0.219 e. The molecule has 1 atom stereocenters. The molecule has 1 amide bonds. The minimum absolute atomic E-state index is 0.148. The number of nitrogens with zero attached hydrogens (tertiary/aromatic N) is 3. The molecular formula is C11H14BrN3O. The number of aromatic nitrogens is 2. The van der Waals surface area contributed by atoms with Gasteiger partial charge >= 0.3 is 0 Å². The summed E-state index contributed by atoms with van der Waals surface area (Å²) >= 11 is 3.27. The van der Waals surface area contributed by atoms with Gasteiger partial charge in [0.15, 0.2) is 0 Å². The first-order chi connectivity index (χ1) is 7.66. The molecule has 0 bridgehead atoms. The van der Waals surface area contributed by atoms with Crippen molar-refractivity contribution >= 4 is 21.8 Å². The molecule has 2 heterocycles. The van der Waals surface area contributed by atoms with Crippen molar-refractivity contribution in [1.82, 2.24) is 14.9 Å². The van der Waals surface area contributed by atoms with Gasteiger partial charge in [-0.15, -0.1) is 0 Å². The second-order valence-corrected chi connectivity index (χ2v) is 4.88. The van der Waals surface area contributed by atoms with Crippen molar-refractivity contribution in [1.29, 1.82) is 0 Å². The molecule has 0 radical (unpaired) electrons. The van der Waals surface area contributed by atoms with E-state index in [-0.39, 0.29) is 5.91 Å². The Balaban J connectivity index is 2.09. The second-order valence-electron chi connectivity index (χ2n) is 4.07. The number of amides is 1. The van der Waals surface area contributed by atoms with E-state index in [0.29, 0.717) is 5.92 Å². The first-order valence-electron chi connectivity index (χ1n) is 5.40. The van der Waals surface area contributed by atoms with E-state index in [2.05, 4.69) is 25.9 Å². The Morgan fingerprint density at radius 2 is 2.31 bits per heavy atom. The maximum atomic E-state index is 11.3. The van der Waals surface area contributed by atoms with E-state index in [0.717, 1.165) is 36.2 Å². The molecule has 1 aromatic rings. The zero-order valence-electron chi connectivity index (χ0n) is 9.19. The number of hydrogen-bond acceptors (Lipinski definition) is 3. The molecule has 86 valence electrons. The van der Waals surface area contributed by atoms with E-state index in [9.17, 15) is 4.79 Å². The van der Waals surface area contributed by atoms with Crippen LogP contribution in [0.25, 0.3) is 0 Å². The van der Waals surface area contributed by atoms with Crippen LogP contribution in [0.1, 0.15) is 31.4 Å². The molecule has 1 aromatic heterocycles. The topological polar surface area (TPSA) is 46.1 Å². The summed E-state index contributed by atoms with van der Waals surface area (Å²) in [6, 6.07) is 0. The highest BCUT2D eigenvalue weighted by atomic mass is 79.9. The Morgan fingerprint density at radius 1 is 1.50 bits per heavy atom. The Kier molecular flexibility index (Phi) is 3.53. The highest BCUT2D eigenvalue weighted by Crippen LogP contribution is 2.25. The summed E-state index contributed by atoms with van der Waals surface area (Å²) in [5.41, 5.74) is 0.981. The predicted octanol–water partition coefficient (Wildman–Crippen LogP) is 1.97. The van der Waals surface area contributed by atoms with Gasteiger partial charge < -0.3 is 4.90 Å². The number of halogens is 1. The summed E-state index contributed by atoms with van der Waals surface area (Å²) in [6.45, 7) is 3.26. The van der Waals surface area contributed by atoms with Gasteiger partial charge in [0.05, 0.1) is 18.1 Å². The van der Waals surface area contributed by atoms with Crippen molar-refractivity contribution in [3.63, 3.8) is 0 Å². The van der Waals surface area contributed by atoms with Crippen LogP contribution in [0.2, 0.25) is 0 Å². The van der Waals surface area contributed by atoms with Gasteiger partial charge in [0.1, 0.15) is 4.60 Å². The first-order valence-corrected chi connectivity index (χ1v) is 6.19. The van der Waals surface area contributed by atoms with Crippen LogP contribution in [0.3, 0.4) is 0 Å². The van der Waals surface area contributed by atoms with Gasteiger partial charge in [0, 0.05) is 25.9 Å². The largest absolute Gasteiger partial charge is 0.342 e. The standard InChI is InChI=1S/C11H14BrN3O/c1-8(16)15-4-2-3-9(7-15)10-5-14-11(12)6-13-10/h5-6,9H,2-4,7H2,1H3/t9-/m1/s1. The van der Waals surface area contributed by atoms with E-state index in [1.807, 2.05) is 4.90 Å². The normalized spacial score (nSPS) is 20.9. The average molecular weight is 284 g/mol. The summed E-state index contributed by atoms with van der Waals surface area (Å²) in [6.07, 6.45) is 5.63. The zero-order valence-corrected chi connectivity index (χ0v) is 10.8. The fourth-order valence-electron chi connectivity index (χ4n) is 2.04. The van der Waals surface area contributed by atoms with Crippen LogP contribution in [0.15, 0.2) is 17.0 Å². The molecular weight excluding hydrogens is 270 g/mol. The van der Waals surface area contributed by atoms with E-state index < -0.39 is 0 Å². The van der Waals surface area contributed by atoms with Crippen LogP contribution in [0.4, 0.5) is 0 Å². The molecule has 1 fully saturated rings. The van der Waals surface area contributed by atoms with Crippen LogP contribution < -0.4 is 0 Å². The Morgan fingerprint density at radius 3 is 2.94 bits per heavy atom. The number of piperidine rings is 1. The summed E-state index contributed by atoms with van der Waals surface area (Å²) in [5, 5.41) is 0. The van der Waals surface area contributed by atoms with Gasteiger partial charge in [-0.05, 0) is 28.8 Å². The second kappa shape index (κ2) is 4.91. The Labute approximate surface area is 103 Å². The molecule has 2 rings (SSSR count). The van der Waals surface area contributed by atoms with Crippen LogP contribution in [-0.2, 0) is 4.79 Å². The van der Waals surface area contributed by atoms with E-state index in [4.69, 9.17) is 0 Å². The lowest BCUT2D eigenvalue weighted by atomic mass is 9.95. The fraction of sp³-hybridized carbons (Fsp3) is 0.545. The first kappa shape index (κ1) is 11.5. The van der Waals surface area contributed by atoms with Gasteiger partial charge in [-0.3, -0.25) is 9.78 Å². The van der Waals surface area contributed by atoms with Gasteiger partial charge in [-0.2, -0.15) is 0 Å². The highest BCUT2D eigenvalue weighted by Gasteiger charge is 2.23. The summed E-state index contributed by atoms with van der Waals surface area (Å²) in [4.78, 5) is 21.7. The average Bonchev–Trinajstić information content (AvgIpc) is 2.30. The van der Waals surface area contributed by atoms with Gasteiger partial charge in [-0.1, -0.05) is 0 Å². The van der Waals surface area contributed by atoms with Crippen molar-refractivity contribution in [2.24, 2.45) is 0 Å². The van der Waals surface area contributed by atoms with E-state index >= 15 is 0 Å². The van der Waals surface area contributed by atoms with Gasteiger partial charge in [0.25, 0.3) is 0 Å². The lowest BCUT2D eigenvalue weighted by Gasteiger charge is -2.31. The molecule has 0 saturated carbocycles. The van der Waals surface area contributed by atoms with Crippen LogP contribution in [-0.4, -0.2) is 33.9 Å². The van der Waals surface area contributed by atoms with Crippen LogP contribution >= 0.6 is 15.9 Å². The third kappa shape index (κ3) is 2.58. The summed E-state index contributed by atoms with van der Waals surface area (Å²) < 4.78 is 0.746. The van der Waals surface area contributed by atoms with E-state index in [1.54, 1.807) is 19.3 Å². The molecule has 5 heteroatoms. The molecule has 1 aliphatic rings. The SMILES string of the molecule is CC(=O)N1CCC[C@@H](c2cnc(Br)cn2)C1.